The molecule has 0 aliphatic carbocycles. The maximum atomic E-state index is 12.2. The van der Waals surface area contributed by atoms with E-state index in [1.165, 1.54) is 11.3 Å². The molecule has 0 spiro atoms. The number of rotatable bonds is 3. The number of amides is 1. The van der Waals surface area contributed by atoms with Gasteiger partial charge in [0.25, 0.3) is 5.91 Å². The molecule has 18 heavy (non-hydrogen) atoms. The smallest absolute Gasteiger partial charge is 0.264 e. The highest BCUT2D eigenvalue weighted by molar-refractivity contribution is 9.11. The standard InChI is InChI=1S/C13H14BrNO2S/c1-8-6-11(18-12(8)14)13(16)15(3)7-10-5-4-9(2)17-10/h4-6H,7H2,1-3H3. The van der Waals surface area contributed by atoms with E-state index in [-0.39, 0.29) is 5.91 Å². The van der Waals surface area contributed by atoms with Crippen LogP contribution in [0.15, 0.2) is 26.4 Å². The van der Waals surface area contributed by atoms with Crippen molar-refractivity contribution in [2.24, 2.45) is 0 Å². The van der Waals surface area contributed by atoms with Crippen molar-refractivity contribution in [2.75, 3.05) is 7.05 Å². The lowest BCUT2D eigenvalue weighted by atomic mass is 10.3. The van der Waals surface area contributed by atoms with Crippen LogP contribution < -0.4 is 0 Å². The Kier molecular flexibility index (Phi) is 3.92. The Morgan fingerprint density at radius 3 is 2.67 bits per heavy atom. The summed E-state index contributed by atoms with van der Waals surface area (Å²) < 4.78 is 6.48. The van der Waals surface area contributed by atoms with Crippen LogP contribution >= 0.6 is 27.3 Å². The number of halogens is 1. The molecule has 0 saturated carbocycles. The Bertz CT molecular complexity index is 554. The first-order valence-corrected chi connectivity index (χ1v) is 7.15. The van der Waals surface area contributed by atoms with E-state index in [1.54, 1.807) is 11.9 Å². The van der Waals surface area contributed by atoms with Gasteiger partial charge < -0.3 is 9.32 Å². The first-order valence-electron chi connectivity index (χ1n) is 5.54. The zero-order valence-corrected chi connectivity index (χ0v) is 12.9. The summed E-state index contributed by atoms with van der Waals surface area (Å²) in [6, 6.07) is 5.70. The molecular formula is C13H14BrNO2S. The van der Waals surface area contributed by atoms with Gasteiger partial charge in [-0.05, 0) is 53.5 Å². The summed E-state index contributed by atoms with van der Waals surface area (Å²) in [7, 11) is 1.78. The minimum absolute atomic E-state index is 0.0165. The topological polar surface area (TPSA) is 33.5 Å². The molecule has 3 nitrogen and oxygen atoms in total. The van der Waals surface area contributed by atoms with Crippen LogP contribution in [0.25, 0.3) is 0 Å². The molecule has 5 heteroatoms. The molecule has 0 bridgehead atoms. The SMILES string of the molecule is Cc1ccc(CN(C)C(=O)c2cc(C)c(Br)s2)o1. The van der Waals surface area contributed by atoms with Crippen molar-refractivity contribution < 1.29 is 9.21 Å². The predicted molar refractivity (Wildman–Crippen MR) is 76.0 cm³/mol. The summed E-state index contributed by atoms with van der Waals surface area (Å²) in [6.07, 6.45) is 0. The maximum absolute atomic E-state index is 12.2. The Morgan fingerprint density at radius 1 is 1.44 bits per heavy atom. The van der Waals surface area contributed by atoms with E-state index in [0.717, 1.165) is 25.7 Å². The summed E-state index contributed by atoms with van der Waals surface area (Å²) in [6.45, 7) is 4.36. The van der Waals surface area contributed by atoms with Gasteiger partial charge in [0.15, 0.2) is 0 Å². The number of aryl methyl sites for hydroxylation is 2. The van der Waals surface area contributed by atoms with Gasteiger partial charge in [-0.2, -0.15) is 0 Å². The van der Waals surface area contributed by atoms with E-state index in [1.807, 2.05) is 32.0 Å². The third-order valence-electron chi connectivity index (χ3n) is 2.60. The van der Waals surface area contributed by atoms with Gasteiger partial charge in [0.1, 0.15) is 11.5 Å². The number of carbonyl (C=O) groups excluding carboxylic acids is 1. The lowest BCUT2D eigenvalue weighted by molar-refractivity contribution is 0.0779. The zero-order valence-electron chi connectivity index (χ0n) is 10.5. The summed E-state index contributed by atoms with van der Waals surface area (Å²) in [5, 5.41) is 0. The molecule has 0 atom stereocenters. The molecule has 0 aromatic carbocycles. The van der Waals surface area contributed by atoms with Crippen LogP contribution in [-0.4, -0.2) is 17.9 Å². The van der Waals surface area contributed by atoms with Crippen molar-refractivity contribution in [1.82, 2.24) is 4.90 Å². The molecule has 2 rings (SSSR count). The van der Waals surface area contributed by atoms with Gasteiger partial charge in [0, 0.05) is 7.05 Å². The van der Waals surface area contributed by atoms with Crippen LogP contribution in [-0.2, 0) is 6.54 Å². The van der Waals surface area contributed by atoms with E-state index in [9.17, 15) is 4.79 Å². The van der Waals surface area contributed by atoms with E-state index in [4.69, 9.17) is 4.42 Å². The molecule has 0 aliphatic rings. The fourth-order valence-corrected chi connectivity index (χ4v) is 3.16. The zero-order chi connectivity index (χ0) is 13.3. The van der Waals surface area contributed by atoms with E-state index in [2.05, 4.69) is 15.9 Å². The van der Waals surface area contributed by atoms with Crippen molar-refractivity contribution >= 4 is 33.2 Å². The van der Waals surface area contributed by atoms with Crippen LogP contribution in [0.5, 0.6) is 0 Å². The van der Waals surface area contributed by atoms with E-state index >= 15 is 0 Å². The second kappa shape index (κ2) is 5.28. The Labute approximate surface area is 119 Å². The predicted octanol–water partition coefficient (Wildman–Crippen LogP) is 3.99. The molecule has 2 aromatic heterocycles. The summed E-state index contributed by atoms with van der Waals surface area (Å²) in [5.74, 6) is 1.68. The maximum Gasteiger partial charge on any atom is 0.264 e. The average Bonchev–Trinajstić information content (AvgIpc) is 2.85. The quantitative estimate of drug-likeness (QED) is 0.853. The first kappa shape index (κ1) is 13.4. The first-order chi connectivity index (χ1) is 8.47. The number of thiophene rings is 1. The van der Waals surface area contributed by atoms with Gasteiger partial charge in [0.2, 0.25) is 0 Å². The Morgan fingerprint density at radius 2 is 2.17 bits per heavy atom. The lowest BCUT2D eigenvalue weighted by Gasteiger charge is -2.14. The summed E-state index contributed by atoms with van der Waals surface area (Å²) >= 11 is 4.89. The summed E-state index contributed by atoms with van der Waals surface area (Å²) in [4.78, 5) is 14.6. The number of furan rings is 1. The highest BCUT2D eigenvalue weighted by atomic mass is 79.9. The number of hydrogen-bond acceptors (Lipinski definition) is 3. The fraction of sp³-hybridized carbons (Fsp3) is 0.308. The van der Waals surface area contributed by atoms with E-state index < -0.39 is 0 Å². The minimum atomic E-state index is 0.0165. The molecule has 0 unspecified atom stereocenters. The van der Waals surface area contributed by atoms with Crippen molar-refractivity contribution in [3.8, 4) is 0 Å². The number of carbonyl (C=O) groups is 1. The largest absolute Gasteiger partial charge is 0.464 e. The van der Waals surface area contributed by atoms with Gasteiger partial charge in [-0.15, -0.1) is 11.3 Å². The van der Waals surface area contributed by atoms with Crippen LogP contribution in [0.2, 0.25) is 0 Å². The molecule has 0 aliphatic heterocycles. The molecule has 2 aromatic rings. The van der Waals surface area contributed by atoms with Crippen LogP contribution in [0.1, 0.15) is 26.8 Å². The van der Waals surface area contributed by atoms with Gasteiger partial charge in [-0.25, -0.2) is 0 Å². The third-order valence-corrected chi connectivity index (χ3v) is 4.73. The lowest BCUT2D eigenvalue weighted by Crippen LogP contribution is -2.25. The van der Waals surface area contributed by atoms with Crippen molar-refractivity contribution in [3.63, 3.8) is 0 Å². The van der Waals surface area contributed by atoms with Crippen molar-refractivity contribution in [2.45, 2.75) is 20.4 Å². The third kappa shape index (κ3) is 2.84. The van der Waals surface area contributed by atoms with Crippen LogP contribution in [0.4, 0.5) is 0 Å². The molecule has 2 heterocycles. The number of hydrogen-bond donors (Lipinski definition) is 0. The van der Waals surface area contributed by atoms with Gasteiger partial charge in [-0.3, -0.25) is 4.79 Å². The average molecular weight is 328 g/mol. The molecule has 0 saturated heterocycles. The Balaban J connectivity index is 2.09. The monoisotopic (exact) mass is 327 g/mol. The second-order valence-corrected chi connectivity index (χ2v) is 6.61. The Hall–Kier alpha value is -1.07. The molecule has 1 amide bonds. The van der Waals surface area contributed by atoms with Crippen LogP contribution in [0.3, 0.4) is 0 Å². The molecular weight excluding hydrogens is 314 g/mol. The molecule has 0 radical (unpaired) electrons. The van der Waals surface area contributed by atoms with Crippen molar-refractivity contribution in [3.05, 3.63) is 43.9 Å². The number of nitrogens with zero attached hydrogens (tertiary/aromatic N) is 1. The molecule has 96 valence electrons. The molecule has 0 fully saturated rings. The highest BCUT2D eigenvalue weighted by Crippen LogP contribution is 2.28. The van der Waals surface area contributed by atoms with Crippen molar-refractivity contribution in [1.29, 1.82) is 0 Å². The van der Waals surface area contributed by atoms with Crippen LogP contribution in [0, 0.1) is 13.8 Å². The summed E-state index contributed by atoms with van der Waals surface area (Å²) in [5.41, 5.74) is 1.09. The normalized spacial score (nSPS) is 10.7. The van der Waals surface area contributed by atoms with E-state index in [0.29, 0.717) is 6.54 Å². The fourth-order valence-electron chi connectivity index (χ4n) is 1.63. The molecule has 0 N–H and O–H groups in total. The van der Waals surface area contributed by atoms with Gasteiger partial charge in [-0.1, -0.05) is 0 Å². The van der Waals surface area contributed by atoms with Gasteiger partial charge in [0.05, 0.1) is 15.2 Å². The van der Waals surface area contributed by atoms with Gasteiger partial charge >= 0.3 is 0 Å². The highest BCUT2D eigenvalue weighted by Gasteiger charge is 2.16. The minimum Gasteiger partial charge on any atom is -0.464 e. The second-order valence-electron chi connectivity index (χ2n) is 4.24.